The molecule has 0 heterocycles. The van der Waals surface area contributed by atoms with Crippen LogP contribution >= 0.6 is 21.6 Å². The predicted octanol–water partition coefficient (Wildman–Crippen LogP) is 11.2. The minimum Gasteiger partial charge on any atom is -0.0622 e. The van der Waals surface area contributed by atoms with Gasteiger partial charge in [0.2, 0.25) is 0 Å². The van der Waals surface area contributed by atoms with E-state index in [2.05, 4.69) is 158 Å². The highest BCUT2D eigenvalue weighted by Gasteiger charge is 2.12. The summed E-state index contributed by atoms with van der Waals surface area (Å²) in [6, 6.07) is 56.3. The third kappa shape index (κ3) is 5.47. The van der Waals surface area contributed by atoms with Crippen molar-refractivity contribution < 1.29 is 0 Å². The Labute approximate surface area is 232 Å². The minimum absolute atomic E-state index is 1.23. The molecule has 38 heavy (non-hydrogen) atoms. The Balaban J connectivity index is 1.33. The Bertz CT molecular complexity index is 1500. The number of hydrogen-bond acceptors (Lipinski definition) is 2. The average molecular weight is 523 g/mol. The van der Waals surface area contributed by atoms with Crippen LogP contribution in [0.1, 0.15) is 0 Å². The van der Waals surface area contributed by atoms with Gasteiger partial charge in [0, 0.05) is 9.79 Å². The topological polar surface area (TPSA) is 0 Å². The molecule has 6 aromatic rings. The van der Waals surface area contributed by atoms with Crippen molar-refractivity contribution in [3.05, 3.63) is 158 Å². The summed E-state index contributed by atoms with van der Waals surface area (Å²) in [5.41, 5.74) is 9.96. The van der Waals surface area contributed by atoms with Crippen molar-refractivity contribution in [3.8, 4) is 44.5 Å². The second-order valence-corrected chi connectivity index (χ2v) is 11.3. The Morgan fingerprint density at radius 3 is 0.868 bits per heavy atom. The van der Waals surface area contributed by atoms with E-state index in [1.165, 1.54) is 54.3 Å². The molecular weight excluding hydrogens is 497 g/mol. The molecule has 0 saturated carbocycles. The van der Waals surface area contributed by atoms with E-state index in [-0.39, 0.29) is 0 Å². The van der Waals surface area contributed by atoms with Crippen LogP contribution in [0.25, 0.3) is 44.5 Å². The molecule has 0 spiro atoms. The zero-order valence-corrected chi connectivity index (χ0v) is 22.5. The predicted molar refractivity (Wildman–Crippen MR) is 166 cm³/mol. The number of rotatable bonds is 7. The fraction of sp³-hybridized carbons (Fsp3) is 0. The zero-order chi connectivity index (χ0) is 25.6. The maximum atomic E-state index is 2.33. The van der Waals surface area contributed by atoms with E-state index in [0.717, 1.165) is 0 Å². The summed E-state index contributed by atoms with van der Waals surface area (Å²) in [6.07, 6.45) is 0. The largest absolute Gasteiger partial charge is 0.0622 e. The van der Waals surface area contributed by atoms with Gasteiger partial charge in [-0.15, -0.1) is 0 Å². The summed E-state index contributed by atoms with van der Waals surface area (Å²) in [4.78, 5) is 2.48. The Morgan fingerprint density at radius 1 is 0.263 bits per heavy atom. The highest BCUT2D eigenvalue weighted by Crippen LogP contribution is 2.44. The van der Waals surface area contributed by atoms with Gasteiger partial charge >= 0.3 is 0 Å². The first-order chi connectivity index (χ1) is 18.8. The lowest BCUT2D eigenvalue weighted by atomic mass is 9.95. The van der Waals surface area contributed by atoms with Gasteiger partial charge in [-0.05, 0) is 68.8 Å². The van der Waals surface area contributed by atoms with Crippen LogP contribution < -0.4 is 0 Å². The normalized spacial score (nSPS) is 10.8. The van der Waals surface area contributed by atoms with Crippen molar-refractivity contribution in [1.29, 1.82) is 0 Å². The number of hydrogen-bond donors (Lipinski definition) is 0. The van der Waals surface area contributed by atoms with Crippen molar-refractivity contribution in [1.82, 2.24) is 0 Å². The summed E-state index contributed by atoms with van der Waals surface area (Å²) in [7, 11) is 3.62. The van der Waals surface area contributed by atoms with Crippen LogP contribution in [-0.4, -0.2) is 0 Å². The molecule has 0 fully saturated rings. The molecule has 0 bridgehead atoms. The maximum Gasteiger partial charge on any atom is 0.0192 e. The average Bonchev–Trinajstić information content (AvgIpc) is 3.01. The van der Waals surface area contributed by atoms with E-state index >= 15 is 0 Å². The fourth-order valence-corrected chi connectivity index (χ4v) is 6.67. The van der Waals surface area contributed by atoms with Crippen molar-refractivity contribution >= 4 is 21.6 Å². The molecule has 2 heteroatoms. The Morgan fingerprint density at radius 2 is 0.553 bits per heavy atom. The second-order valence-electron chi connectivity index (χ2n) is 9.05. The lowest BCUT2D eigenvalue weighted by Crippen LogP contribution is -1.87. The van der Waals surface area contributed by atoms with Gasteiger partial charge in [0.05, 0.1) is 0 Å². The van der Waals surface area contributed by atoms with Crippen LogP contribution in [0.4, 0.5) is 0 Å². The third-order valence-electron chi connectivity index (χ3n) is 6.56. The van der Waals surface area contributed by atoms with Crippen LogP contribution in [0, 0.1) is 0 Å². The van der Waals surface area contributed by atoms with Gasteiger partial charge < -0.3 is 0 Å². The first kappa shape index (κ1) is 24.4. The summed E-state index contributed by atoms with van der Waals surface area (Å²) in [5, 5.41) is 0. The van der Waals surface area contributed by atoms with Gasteiger partial charge in [-0.25, -0.2) is 0 Å². The molecular formula is C36H26S2. The van der Waals surface area contributed by atoms with E-state index < -0.39 is 0 Å². The van der Waals surface area contributed by atoms with E-state index in [4.69, 9.17) is 0 Å². The van der Waals surface area contributed by atoms with E-state index in [0.29, 0.717) is 0 Å². The van der Waals surface area contributed by atoms with Gasteiger partial charge in [-0.3, -0.25) is 0 Å². The molecule has 6 aromatic carbocycles. The molecule has 0 unspecified atom stereocenters. The van der Waals surface area contributed by atoms with E-state index in [1.807, 2.05) is 21.6 Å². The third-order valence-corrected chi connectivity index (χ3v) is 8.94. The van der Waals surface area contributed by atoms with Crippen molar-refractivity contribution in [2.24, 2.45) is 0 Å². The highest BCUT2D eigenvalue weighted by atomic mass is 33.1. The molecule has 6 rings (SSSR count). The van der Waals surface area contributed by atoms with Crippen LogP contribution in [0.5, 0.6) is 0 Å². The first-order valence-corrected chi connectivity index (χ1v) is 14.8. The molecule has 182 valence electrons. The fourth-order valence-electron chi connectivity index (χ4n) is 4.70. The molecule has 0 aliphatic heterocycles. The molecule has 0 N–H and O–H groups in total. The molecule has 0 radical (unpaired) electrons. The van der Waals surface area contributed by atoms with Crippen LogP contribution in [0.15, 0.2) is 168 Å². The van der Waals surface area contributed by atoms with Gasteiger partial charge in [-0.1, -0.05) is 155 Å². The molecule has 0 aliphatic rings. The van der Waals surface area contributed by atoms with Gasteiger partial charge in [0.1, 0.15) is 0 Å². The smallest absolute Gasteiger partial charge is 0.0192 e. The quantitative estimate of drug-likeness (QED) is 0.191. The van der Waals surface area contributed by atoms with Gasteiger partial charge in [-0.2, -0.15) is 0 Å². The summed E-state index contributed by atoms with van der Waals surface area (Å²) < 4.78 is 0. The molecule has 0 aromatic heterocycles. The first-order valence-electron chi connectivity index (χ1n) is 12.7. The molecule has 0 amide bonds. The van der Waals surface area contributed by atoms with Crippen molar-refractivity contribution in [2.45, 2.75) is 9.79 Å². The second kappa shape index (κ2) is 11.6. The van der Waals surface area contributed by atoms with Crippen LogP contribution in [0.3, 0.4) is 0 Å². The summed E-state index contributed by atoms with van der Waals surface area (Å²) >= 11 is 0. The lowest BCUT2D eigenvalue weighted by molar-refractivity contribution is 1.45. The van der Waals surface area contributed by atoms with Crippen LogP contribution in [0.2, 0.25) is 0 Å². The summed E-state index contributed by atoms with van der Waals surface area (Å²) in [5.74, 6) is 0. The maximum absolute atomic E-state index is 2.33. The van der Waals surface area contributed by atoms with E-state index in [1.54, 1.807) is 0 Å². The Kier molecular flexibility index (Phi) is 7.44. The zero-order valence-electron chi connectivity index (χ0n) is 20.8. The molecule has 0 saturated heterocycles. The van der Waals surface area contributed by atoms with Gasteiger partial charge in [0.25, 0.3) is 0 Å². The highest BCUT2D eigenvalue weighted by molar-refractivity contribution is 8.76. The monoisotopic (exact) mass is 522 g/mol. The SMILES string of the molecule is c1ccc(-c2ccc(SSc3ccc(-c4ccccc4)c(-c4ccccc4)c3)cc2-c2ccccc2)cc1. The molecule has 0 nitrogen and oxygen atoms in total. The summed E-state index contributed by atoms with van der Waals surface area (Å²) in [6.45, 7) is 0. The number of benzene rings is 6. The van der Waals surface area contributed by atoms with Crippen LogP contribution in [-0.2, 0) is 0 Å². The van der Waals surface area contributed by atoms with E-state index in [9.17, 15) is 0 Å². The molecule has 0 aliphatic carbocycles. The minimum atomic E-state index is 1.23. The lowest BCUT2D eigenvalue weighted by Gasteiger charge is -2.14. The van der Waals surface area contributed by atoms with Crippen molar-refractivity contribution in [2.75, 3.05) is 0 Å². The molecule has 0 atom stereocenters. The standard InChI is InChI=1S/C36H26S2/c1-5-13-27(14-6-1)33-23-21-31(25-35(33)29-17-9-3-10-18-29)37-38-32-22-24-34(28-15-7-2-8-16-28)36(26-32)30-19-11-4-12-20-30/h1-26H. The van der Waals surface area contributed by atoms with Crippen molar-refractivity contribution in [3.63, 3.8) is 0 Å². The Hall–Kier alpha value is -3.98. The van der Waals surface area contributed by atoms with Gasteiger partial charge in [0.15, 0.2) is 0 Å².